The average molecular weight is 937 g/mol. The zero-order chi connectivity index (χ0) is 48.6. The molecule has 3 amide bonds. The SMILES string of the molecule is CC(C)c1ncc2cc3n(c2n1)C1(CCCCC1)C(=O)N(C)C3.CC(C)c1ncc2cc3n(c2n1)C1(CCCCC1)C(=O)N(C)C3.CC(C)c1ncc2cc3n(c2n1)C1(CCCCC1)C(=O)N(C)C3. The molecule has 15 heteroatoms. The van der Waals surface area contributed by atoms with E-state index >= 15 is 0 Å². The molecule has 0 saturated heterocycles. The zero-order valence-electron chi connectivity index (χ0n) is 42.5. The molecule has 3 aliphatic heterocycles. The van der Waals surface area contributed by atoms with Gasteiger partial charge in [0.15, 0.2) is 0 Å². The van der Waals surface area contributed by atoms with Crippen molar-refractivity contribution >= 4 is 50.8 Å². The lowest BCUT2D eigenvalue weighted by atomic mass is 9.79. The van der Waals surface area contributed by atoms with E-state index in [2.05, 4.69) is 88.4 Å². The van der Waals surface area contributed by atoms with Crippen LogP contribution in [0.2, 0.25) is 0 Å². The van der Waals surface area contributed by atoms with Crippen LogP contribution in [0.4, 0.5) is 0 Å². The van der Waals surface area contributed by atoms with E-state index in [1.54, 1.807) is 0 Å². The van der Waals surface area contributed by atoms with Gasteiger partial charge in [-0.1, -0.05) is 99.3 Å². The fourth-order valence-electron chi connectivity index (χ4n) is 12.8. The van der Waals surface area contributed by atoms with Gasteiger partial charge in [0.2, 0.25) is 17.7 Å². The topological polar surface area (TPSA) is 153 Å². The van der Waals surface area contributed by atoms with Gasteiger partial charge in [-0.15, -0.1) is 0 Å². The molecule has 3 saturated carbocycles. The molecule has 3 aliphatic carbocycles. The van der Waals surface area contributed by atoms with Gasteiger partial charge in [0.25, 0.3) is 0 Å². The van der Waals surface area contributed by atoms with Crippen LogP contribution in [0, 0.1) is 0 Å². The van der Waals surface area contributed by atoms with Crippen molar-refractivity contribution in [3.8, 4) is 0 Å². The molecular formula is C54H72N12O3. The van der Waals surface area contributed by atoms with Crippen LogP contribution < -0.4 is 0 Å². The normalized spacial score (nSPS) is 20.5. The Morgan fingerprint density at radius 2 is 0.652 bits per heavy atom. The summed E-state index contributed by atoms with van der Waals surface area (Å²) in [5, 5.41) is 3.16. The van der Waals surface area contributed by atoms with Crippen molar-refractivity contribution in [2.45, 2.75) is 192 Å². The van der Waals surface area contributed by atoms with E-state index in [4.69, 9.17) is 15.0 Å². The lowest BCUT2D eigenvalue weighted by Gasteiger charge is -2.44. The monoisotopic (exact) mass is 937 g/mol. The molecule has 0 bridgehead atoms. The molecule has 0 atom stereocenters. The maximum Gasteiger partial charge on any atom is 0.248 e. The molecule has 9 heterocycles. The number of carbonyl (C=O) groups excluding carboxylic acids is 3. The molecule has 0 aromatic carbocycles. The minimum Gasteiger partial charge on any atom is -0.338 e. The number of rotatable bonds is 3. The average Bonchev–Trinajstić information content (AvgIpc) is 4.04. The Labute approximate surface area is 406 Å². The minimum atomic E-state index is -0.426. The van der Waals surface area contributed by atoms with Gasteiger partial charge in [0, 0.05) is 90.7 Å². The van der Waals surface area contributed by atoms with E-state index in [1.165, 1.54) is 36.3 Å². The molecular weight excluding hydrogens is 865 g/mol. The molecule has 0 radical (unpaired) electrons. The first-order valence-corrected chi connectivity index (χ1v) is 26.0. The summed E-state index contributed by atoms with van der Waals surface area (Å²) < 4.78 is 6.78. The quantitative estimate of drug-likeness (QED) is 0.169. The van der Waals surface area contributed by atoms with E-state index in [0.29, 0.717) is 19.6 Å². The Balaban J connectivity index is 0.000000120. The fraction of sp³-hybridized carbons (Fsp3) is 0.611. The molecule has 6 aromatic heterocycles. The van der Waals surface area contributed by atoms with Crippen LogP contribution in [0.15, 0.2) is 36.8 Å². The van der Waals surface area contributed by atoms with Gasteiger partial charge < -0.3 is 28.4 Å². The van der Waals surface area contributed by atoms with Crippen LogP contribution in [0.3, 0.4) is 0 Å². The third-order valence-electron chi connectivity index (χ3n) is 16.2. The molecule has 12 rings (SSSR count). The van der Waals surface area contributed by atoms with Crippen molar-refractivity contribution in [2.24, 2.45) is 0 Å². The van der Waals surface area contributed by atoms with Crippen molar-refractivity contribution in [3.05, 3.63) is 71.3 Å². The largest absolute Gasteiger partial charge is 0.338 e. The highest BCUT2D eigenvalue weighted by molar-refractivity contribution is 5.92. The first-order chi connectivity index (χ1) is 33.1. The van der Waals surface area contributed by atoms with Crippen LogP contribution in [-0.4, -0.2) is 97.2 Å². The predicted octanol–water partition coefficient (Wildman–Crippen LogP) is 9.56. The second-order valence-electron chi connectivity index (χ2n) is 22.2. The molecule has 0 N–H and O–H groups in total. The number of amides is 3. The van der Waals surface area contributed by atoms with Gasteiger partial charge in [-0.25, -0.2) is 29.9 Å². The Bertz CT molecular complexity index is 2630. The number of nitrogens with zero attached hydrogens (tertiary/aromatic N) is 12. The second-order valence-corrected chi connectivity index (χ2v) is 22.2. The van der Waals surface area contributed by atoms with Crippen molar-refractivity contribution in [1.29, 1.82) is 0 Å². The Morgan fingerprint density at radius 3 is 0.884 bits per heavy atom. The van der Waals surface area contributed by atoms with E-state index in [9.17, 15) is 14.4 Å². The number of fused-ring (bicyclic) bond motifs is 12. The molecule has 6 aliphatic rings. The van der Waals surface area contributed by atoms with Gasteiger partial charge >= 0.3 is 0 Å². The summed E-state index contributed by atoms with van der Waals surface area (Å²) in [6.07, 6.45) is 21.6. The van der Waals surface area contributed by atoms with Gasteiger partial charge in [0.1, 0.15) is 51.0 Å². The van der Waals surface area contributed by atoms with Crippen LogP contribution in [0.25, 0.3) is 33.1 Å². The summed E-state index contributed by atoms with van der Waals surface area (Å²) in [5.74, 6) is 4.20. The first kappa shape index (κ1) is 47.0. The minimum absolute atomic E-state index is 0.256. The van der Waals surface area contributed by atoms with Crippen molar-refractivity contribution in [1.82, 2.24) is 58.3 Å². The Morgan fingerprint density at radius 1 is 0.406 bits per heavy atom. The van der Waals surface area contributed by atoms with Crippen LogP contribution in [0.5, 0.6) is 0 Å². The number of likely N-dealkylation sites (N-methyl/N-ethyl adjacent to an activating group) is 3. The van der Waals surface area contributed by atoms with E-state index in [0.717, 1.165) is 128 Å². The highest BCUT2D eigenvalue weighted by Gasteiger charge is 2.50. The molecule has 3 spiro atoms. The molecule has 15 nitrogen and oxygen atoms in total. The van der Waals surface area contributed by atoms with E-state index in [1.807, 2.05) is 54.4 Å². The first-order valence-electron chi connectivity index (χ1n) is 26.0. The number of carbonyl (C=O) groups is 3. The maximum atomic E-state index is 13.1. The van der Waals surface area contributed by atoms with Gasteiger partial charge in [0.05, 0.1) is 19.6 Å². The third-order valence-corrected chi connectivity index (χ3v) is 16.2. The molecule has 366 valence electrons. The van der Waals surface area contributed by atoms with Gasteiger partial charge in [-0.05, 0) is 56.7 Å². The molecule has 0 unspecified atom stereocenters. The summed E-state index contributed by atoms with van der Waals surface area (Å²) in [6.45, 7) is 14.6. The van der Waals surface area contributed by atoms with Crippen LogP contribution >= 0.6 is 0 Å². The van der Waals surface area contributed by atoms with Crippen LogP contribution in [0.1, 0.15) is 190 Å². The third kappa shape index (κ3) is 7.71. The Hall–Kier alpha value is -5.73. The van der Waals surface area contributed by atoms with E-state index < -0.39 is 16.6 Å². The Kier molecular flexibility index (Phi) is 12.2. The standard InChI is InChI=1S/3C18H24N4O/c3*1-12(2)15-19-10-13-9-14-11-21(3)17(23)18(7-5-4-6-8-18)22(14)16(13)20-15/h3*9-10,12H,4-8,11H2,1-3H3. The molecule has 69 heavy (non-hydrogen) atoms. The fourth-order valence-corrected chi connectivity index (χ4v) is 12.8. The molecule has 6 aromatic rings. The second kappa shape index (κ2) is 17.9. The summed E-state index contributed by atoms with van der Waals surface area (Å²) in [5.41, 5.74) is 5.14. The van der Waals surface area contributed by atoms with Gasteiger partial charge in [-0.3, -0.25) is 14.4 Å². The summed E-state index contributed by atoms with van der Waals surface area (Å²) >= 11 is 0. The van der Waals surface area contributed by atoms with Crippen LogP contribution in [-0.2, 0) is 50.6 Å². The maximum absolute atomic E-state index is 13.1. The van der Waals surface area contributed by atoms with Crippen molar-refractivity contribution in [2.75, 3.05) is 21.1 Å². The molecule has 3 fully saturated rings. The number of hydrogen-bond donors (Lipinski definition) is 0. The number of hydrogen-bond acceptors (Lipinski definition) is 9. The lowest BCUT2D eigenvalue weighted by molar-refractivity contribution is -0.145. The predicted molar refractivity (Wildman–Crippen MR) is 267 cm³/mol. The lowest BCUT2D eigenvalue weighted by Crippen LogP contribution is -2.54. The van der Waals surface area contributed by atoms with Crippen molar-refractivity contribution < 1.29 is 14.4 Å². The summed E-state index contributed by atoms with van der Waals surface area (Å²) in [7, 11) is 5.77. The summed E-state index contributed by atoms with van der Waals surface area (Å²) in [6, 6.07) is 6.50. The van der Waals surface area contributed by atoms with Crippen molar-refractivity contribution in [3.63, 3.8) is 0 Å². The summed E-state index contributed by atoms with van der Waals surface area (Å²) in [4.78, 5) is 72.9. The smallest absolute Gasteiger partial charge is 0.248 e. The highest BCUT2D eigenvalue weighted by atomic mass is 16.2. The van der Waals surface area contributed by atoms with E-state index in [-0.39, 0.29) is 35.5 Å². The highest BCUT2D eigenvalue weighted by Crippen LogP contribution is 2.46. The zero-order valence-corrected chi connectivity index (χ0v) is 42.5. The van der Waals surface area contributed by atoms with Gasteiger partial charge in [-0.2, -0.15) is 0 Å². The number of aromatic nitrogens is 9.